The lowest BCUT2D eigenvalue weighted by Gasteiger charge is -2.08. The number of anilines is 1. The molecule has 6 heteroatoms. The molecule has 0 unspecified atom stereocenters. The second-order valence-electron chi connectivity index (χ2n) is 4.31. The number of aryl methyl sites for hydroxylation is 1. The highest BCUT2D eigenvalue weighted by Gasteiger charge is 2.11. The number of aromatic nitrogens is 1. The molecule has 3 nitrogen and oxygen atoms in total. The van der Waals surface area contributed by atoms with Crippen LogP contribution in [0.1, 0.15) is 11.1 Å². The second kappa shape index (κ2) is 5.96. The van der Waals surface area contributed by atoms with Crippen LogP contribution in [-0.2, 0) is 11.2 Å². The normalized spacial score (nSPS) is 10.4. The SMILES string of the molecule is Cc1cnc(Cl)c(NC(=O)Cc2ccc(F)cc2F)c1. The average Bonchev–Trinajstić information content (AvgIpc) is 2.37. The van der Waals surface area contributed by atoms with Gasteiger partial charge < -0.3 is 5.32 Å². The van der Waals surface area contributed by atoms with E-state index in [1.807, 2.05) is 0 Å². The Morgan fingerprint density at radius 2 is 2.10 bits per heavy atom. The van der Waals surface area contributed by atoms with Crippen molar-refractivity contribution in [3.63, 3.8) is 0 Å². The van der Waals surface area contributed by atoms with E-state index < -0.39 is 17.5 Å². The molecule has 0 aliphatic rings. The highest BCUT2D eigenvalue weighted by atomic mass is 35.5. The van der Waals surface area contributed by atoms with Crippen LogP contribution in [0.15, 0.2) is 30.5 Å². The average molecular weight is 297 g/mol. The lowest BCUT2D eigenvalue weighted by atomic mass is 10.1. The van der Waals surface area contributed by atoms with Gasteiger partial charge in [0.2, 0.25) is 5.91 Å². The van der Waals surface area contributed by atoms with Crippen LogP contribution in [-0.4, -0.2) is 10.9 Å². The number of rotatable bonds is 3. The fourth-order valence-electron chi connectivity index (χ4n) is 1.67. The summed E-state index contributed by atoms with van der Waals surface area (Å²) < 4.78 is 26.2. The van der Waals surface area contributed by atoms with Crippen LogP contribution in [0.3, 0.4) is 0 Å². The number of pyridine rings is 1. The maximum Gasteiger partial charge on any atom is 0.228 e. The van der Waals surface area contributed by atoms with Gasteiger partial charge in [0.05, 0.1) is 12.1 Å². The number of amides is 1. The zero-order chi connectivity index (χ0) is 14.7. The molecule has 1 N–H and O–H groups in total. The van der Waals surface area contributed by atoms with Gasteiger partial charge in [-0.3, -0.25) is 4.79 Å². The minimum atomic E-state index is -0.756. The maximum atomic E-state index is 13.4. The van der Waals surface area contributed by atoms with E-state index in [0.717, 1.165) is 17.7 Å². The van der Waals surface area contributed by atoms with Crippen molar-refractivity contribution >= 4 is 23.2 Å². The molecule has 0 saturated carbocycles. The van der Waals surface area contributed by atoms with E-state index in [-0.39, 0.29) is 17.1 Å². The van der Waals surface area contributed by atoms with Gasteiger partial charge in [0.25, 0.3) is 0 Å². The second-order valence-corrected chi connectivity index (χ2v) is 4.67. The van der Waals surface area contributed by atoms with Gasteiger partial charge in [-0.15, -0.1) is 0 Å². The molecular weight excluding hydrogens is 286 g/mol. The zero-order valence-electron chi connectivity index (χ0n) is 10.6. The molecule has 0 aliphatic carbocycles. The first-order valence-electron chi connectivity index (χ1n) is 5.81. The first-order valence-corrected chi connectivity index (χ1v) is 6.19. The number of halogens is 3. The topological polar surface area (TPSA) is 42.0 Å². The molecule has 0 radical (unpaired) electrons. The van der Waals surface area contributed by atoms with Crippen LogP contribution in [0.5, 0.6) is 0 Å². The van der Waals surface area contributed by atoms with E-state index in [1.165, 1.54) is 6.07 Å². The van der Waals surface area contributed by atoms with Crippen LogP contribution >= 0.6 is 11.6 Å². The Labute approximate surface area is 119 Å². The van der Waals surface area contributed by atoms with Crippen molar-refractivity contribution < 1.29 is 13.6 Å². The quantitative estimate of drug-likeness (QED) is 0.881. The number of nitrogens with zero attached hydrogens (tertiary/aromatic N) is 1. The Morgan fingerprint density at radius 1 is 1.35 bits per heavy atom. The standard InChI is InChI=1S/C14H11ClF2N2O/c1-8-4-12(14(15)18-7-8)19-13(20)5-9-2-3-10(16)6-11(9)17/h2-4,6-7H,5H2,1H3,(H,19,20). The van der Waals surface area contributed by atoms with Gasteiger partial charge >= 0.3 is 0 Å². The minimum Gasteiger partial charge on any atom is -0.323 e. The highest BCUT2D eigenvalue weighted by Crippen LogP contribution is 2.20. The summed E-state index contributed by atoms with van der Waals surface area (Å²) in [5.74, 6) is -1.89. The largest absolute Gasteiger partial charge is 0.323 e. The van der Waals surface area contributed by atoms with E-state index in [4.69, 9.17) is 11.6 Å². The summed E-state index contributed by atoms with van der Waals surface area (Å²) >= 11 is 5.85. The van der Waals surface area contributed by atoms with Crippen molar-refractivity contribution in [3.8, 4) is 0 Å². The Balaban J connectivity index is 2.11. The zero-order valence-corrected chi connectivity index (χ0v) is 11.3. The third kappa shape index (κ3) is 3.51. The first kappa shape index (κ1) is 14.4. The number of carbonyl (C=O) groups excluding carboxylic acids is 1. The Bertz CT molecular complexity index is 662. The molecule has 2 aromatic rings. The van der Waals surface area contributed by atoms with E-state index in [2.05, 4.69) is 10.3 Å². The number of benzene rings is 1. The Morgan fingerprint density at radius 3 is 2.80 bits per heavy atom. The smallest absolute Gasteiger partial charge is 0.228 e. The molecule has 1 amide bonds. The number of hydrogen-bond donors (Lipinski definition) is 1. The summed E-state index contributed by atoms with van der Waals surface area (Å²) in [7, 11) is 0. The van der Waals surface area contributed by atoms with Gasteiger partial charge in [0, 0.05) is 12.3 Å². The van der Waals surface area contributed by atoms with Crippen molar-refractivity contribution in [1.82, 2.24) is 4.98 Å². The fourth-order valence-corrected chi connectivity index (χ4v) is 1.82. The molecule has 2 rings (SSSR count). The van der Waals surface area contributed by atoms with E-state index in [9.17, 15) is 13.6 Å². The molecule has 0 fully saturated rings. The summed E-state index contributed by atoms with van der Waals surface area (Å²) in [5, 5.41) is 2.70. The van der Waals surface area contributed by atoms with Crippen LogP contribution in [0.4, 0.5) is 14.5 Å². The van der Waals surface area contributed by atoms with E-state index in [0.29, 0.717) is 5.69 Å². The summed E-state index contributed by atoms with van der Waals surface area (Å²) in [6.07, 6.45) is 1.36. The third-order valence-corrected chi connectivity index (χ3v) is 2.92. The molecule has 0 aliphatic heterocycles. The summed E-state index contributed by atoms with van der Waals surface area (Å²) in [6.45, 7) is 1.80. The van der Waals surface area contributed by atoms with Crippen LogP contribution in [0.25, 0.3) is 0 Å². The molecule has 20 heavy (non-hydrogen) atoms. The highest BCUT2D eigenvalue weighted by molar-refractivity contribution is 6.32. The monoisotopic (exact) mass is 296 g/mol. The van der Waals surface area contributed by atoms with Crippen molar-refractivity contribution in [2.24, 2.45) is 0 Å². The van der Waals surface area contributed by atoms with Crippen molar-refractivity contribution in [2.45, 2.75) is 13.3 Å². The van der Waals surface area contributed by atoms with E-state index >= 15 is 0 Å². The number of nitrogens with one attached hydrogen (secondary N) is 1. The Hall–Kier alpha value is -2.01. The minimum absolute atomic E-state index is 0.112. The third-order valence-electron chi connectivity index (χ3n) is 2.62. The van der Waals surface area contributed by atoms with Gasteiger partial charge in [-0.05, 0) is 30.2 Å². The molecule has 0 saturated heterocycles. The lowest BCUT2D eigenvalue weighted by Crippen LogP contribution is -2.16. The van der Waals surface area contributed by atoms with Gasteiger partial charge in [-0.2, -0.15) is 0 Å². The van der Waals surface area contributed by atoms with Crippen molar-refractivity contribution in [2.75, 3.05) is 5.32 Å². The van der Waals surface area contributed by atoms with Gasteiger partial charge in [0.1, 0.15) is 11.6 Å². The molecule has 1 aromatic heterocycles. The molecule has 104 valence electrons. The molecule has 0 spiro atoms. The summed E-state index contributed by atoms with van der Waals surface area (Å²) in [5.41, 5.74) is 1.30. The van der Waals surface area contributed by atoms with Gasteiger partial charge in [-0.25, -0.2) is 13.8 Å². The molecular formula is C14H11ClF2N2O. The predicted octanol–water partition coefficient (Wildman–Crippen LogP) is 3.50. The Kier molecular flexibility index (Phi) is 4.29. The predicted molar refractivity (Wildman–Crippen MR) is 72.7 cm³/mol. The molecule has 1 aromatic carbocycles. The summed E-state index contributed by atoms with van der Waals surface area (Å²) in [6, 6.07) is 4.74. The van der Waals surface area contributed by atoms with Crippen molar-refractivity contribution in [3.05, 3.63) is 58.4 Å². The van der Waals surface area contributed by atoms with Crippen molar-refractivity contribution in [1.29, 1.82) is 0 Å². The lowest BCUT2D eigenvalue weighted by molar-refractivity contribution is -0.115. The van der Waals surface area contributed by atoms with Crippen LogP contribution in [0.2, 0.25) is 5.15 Å². The maximum absolute atomic E-state index is 13.4. The van der Waals surface area contributed by atoms with Crippen LogP contribution in [0, 0.1) is 18.6 Å². The van der Waals surface area contributed by atoms with Gasteiger partial charge in [-0.1, -0.05) is 17.7 Å². The van der Waals surface area contributed by atoms with Gasteiger partial charge in [0.15, 0.2) is 5.15 Å². The number of hydrogen-bond acceptors (Lipinski definition) is 2. The molecule has 0 atom stereocenters. The molecule has 1 heterocycles. The number of carbonyl (C=O) groups is 1. The first-order chi connectivity index (χ1) is 9.45. The summed E-state index contributed by atoms with van der Waals surface area (Å²) in [4.78, 5) is 15.7. The molecule has 0 bridgehead atoms. The fraction of sp³-hybridized carbons (Fsp3) is 0.143. The van der Waals surface area contributed by atoms with E-state index in [1.54, 1.807) is 19.2 Å². The van der Waals surface area contributed by atoms with Crippen LogP contribution < -0.4 is 5.32 Å².